The van der Waals surface area contributed by atoms with Crippen LogP contribution < -0.4 is 0 Å². The number of carbonyl (C=O) groups is 1. The fourth-order valence-electron chi connectivity index (χ4n) is 1.50. The summed E-state index contributed by atoms with van der Waals surface area (Å²) >= 11 is 0. The Hall–Kier alpha value is -0.570. The molecule has 2 atom stereocenters. The number of aliphatic hydroxyl groups is 1. The van der Waals surface area contributed by atoms with E-state index in [-0.39, 0.29) is 29.8 Å². The van der Waals surface area contributed by atoms with Gasteiger partial charge in [0.25, 0.3) is 0 Å². The van der Waals surface area contributed by atoms with Gasteiger partial charge in [0.15, 0.2) is 0 Å². The average Bonchev–Trinajstić information content (AvgIpc) is 2.23. The van der Waals surface area contributed by atoms with Gasteiger partial charge in [-0.1, -0.05) is 48.0 Å². The van der Waals surface area contributed by atoms with Crippen molar-refractivity contribution in [1.82, 2.24) is 0 Å². The number of hydrogen-bond donors (Lipinski definition) is 1. The fourth-order valence-corrected chi connectivity index (χ4v) is 1.50. The predicted octanol–water partition coefficient (Wildman–Crippen LogP) is 2.62. The van der Waals surface area contributed by atoms with Crippen LogP contribution in [0.4, 0.5) is 0 Å². The molecule has 0 fully saturated rings. The van der Waals surface area contributed by atoms with Crippen LogP contribution in [-0.4, -0.2) is 23.8 Å². The lowest BCUT2D eigenvalue weighted by atomic mass is 9.80. The third kappa shape index (κ3) is 4.52. The Bertz CT molecular complexity index is 221. The van der Waals surface area contributed by atoms with Crippen LogP contribution in [0, 0.1) is 17.3 Å². The summed E-state index contributed by atoms with van der Waals surface area (Å²) in [5, 5.41) is 10.1. The van der Waals surface area contributed by atoms with Gasteiger partial charge >= 0.3 is 5.97 Å². The first kappa shape index (κ1) is 15.4. The molecule has 0 aliphatic rings. The molecular formula is C13H26O3. The van der Waals surface area contributed by atoms with Gasteiger partial charge in [0.05, 0.1) is 18.6 Å². The summed E-state index contributed by atoms with van der Waals surface area (Å²) in [6, 6.07) is 0. The van der Waals surface area contributed by atoms with Crippen molar-refractivity contribution < 1.29 is 14.6 Å². The lowest BCUT2D eigenvalue weighted by molar-refractivity contribution is -0.153. The van der Waals surface area contributed by atoms with E-state index < -0.39 is 6.10 Å². The fraction of sp³-hybridized carbons (Fsp3) is 0.923. The van der Waals surface area contributed by atoms with Crippen molar-refractivity contribution in [3.8, 4) is 0 Å². The molecule has 0 radical (unpaired) electrons. The van der Waals surface area contributed by atoms with E-state index in [4.69, 9.17) is 4.74 Å². The molecule has 3 heteroatoms. The van der Waals surface area contributed by atoms with Crippen molar-refractivity contribution in [1.29, 1.82) is 0 Å². The van der Waals surface area contributed by atoms with Gasteiger partial charge in [-0.05, 0) is 5.92 Å². The molecule has 0 spiro atoms. The molecule has 0 aromatic carbocycles. The largest absolute Gasteiger partial charge is 0.465 e. The van der Waals surface area contributed by atoms with Gasteiger partial charge in [-0.3, -0.25) is 4.79 Å². The highest BCUT2D eigenvalue weighted by atomic mass is 16.5. The van der Waals surface area contributed by atoms with Crippen molar-refractivity contribution in [2.45, 2.75) is 54.1 Å². The summed E-state index contributed by atoms with van der Waals surface area (Å²) < 4.78 is 5.19. The van der Waals surface area contributed by atoms with E-state index in [0.29, 0.717) is 0 Å². The first-order chi connectivity index (χ1) is 7.22. The van der Waals surface area contributed by atoms with Crippen molar-refractivity contribution in [2.75, 3.05) is 6.61 Å². The van der Waals surface area contributed by atoms with E-state index in [2.05, 4.69) is 0 Å². The molecule has 0 amide bonds. The topological polar surface area (TPSA) is 46.5 Å². The number of aliphatic hydroxyl groups excluding tert-OH is 1. The second-order valence-corrected chi connectivity index (χ2v) is 5.58. The summed E-state index contributed by atoms with van der Waals surface area (Å²) in [5.41, 5.74) is -0.389. The third-order valence-electron chi connectivity index (χ3n) is 3.04. The van der Waals surface area contributed by atoms with Crippen molar-refractivity contribution in [2.24, 2.45) is 17.3 Å². The maximum Gasteiger partial charge on any atom is 0.308 e. The summed E-state index contributed by atoms with van der Waals surface area (Å²) in [4.78, 5) is 11.3. The Morgan fingerprint density at radius 1 is 1.31 bits per heavy atom. The molecular weight excluding hydrogens is 204 g/mol. The molecule has 96 valence electrons. The minimum absolute atomic E-state index is 0.114. The zero-order valence-corrected chi connectivity index (χ0v) is 11.4. The molecule has 0 rings (SSSR count). The molecule has 0 aliphatic carbocycles. The Labute approximate surface area is 99.2 Å². The summed E-state index contributed by atoms with van der Waals surface area (Å²) in [6.07, 6.45) is 0.473. The Balaban J connectivity index is 4.29. The number of hydrogen-bond acceptors (Lipinski definition) is 3. The van der Waals surface area contributed by atoms with Crippen LogP contribution in [0.5, 0.6) is 0 Å². The van der Waals surface area contributed by atoms with Gasteiger partial charge in [-0.15, -0.1) is 0 Å². The minimum Gasteiger partial charge on any atom is -0.465 e. The maximum atomic E-state index is 11.3. The molecule has 0 aromatic rings. The van der Waals surface area contributed by atoms with E-state index in [1.165, 1.54) is 0 Å². The summed E-state index contributed by atoms with van der Waals surface area (Å²) in [5.74, 6) is -0.103. The minimum atomic E-state index is -0.447. The van der Waals surface area contributed by atoms with Gasteiger partial charge in [0.2, 0.25) is 0 Å². The Morgan fingerprint density at radius 3 is 2.19 bits per heavy atom. The number of rotatable bonds is 6. The quantitative estimate of drug-likeness (QED) is 0.713. The van der Waals surface area contributed by atoms with Crippen molar-refractivity contribution >= 4 is 5.97 Å². The zero-order valence-electron chi connectivity index (χ0n) is 11.4. The SMILES string of the molecule is CCC(C)C(O)C(C)(C)COC(=O)C(C)C. The third-order valence-corrected chi connectivity index (χ3v) is 3.04. The molecule has 0 aliphatic heterocycles. The molecule has 0 saturated heterocycles. The Kier molecular flexibility index (Phi) is 6.01. The lowest BCUT2D eigenvalue weighted by Gasteiger charge is -2.33. The number of carbonyl (C=O) groups excluding carboxylic acids is 1. The van der Waals surface area contributed by atoms with Crippen LogP contribution in [-0.2, 0) is 9.53 Å². The van der Waals surface area contributed by atoms with Crippen molar-refractivity contribution in [3.63, 3.8) is 0 Å². The van der Waals surface area contributed by atoms with E-state index in [1.54, 1.807) is 13.8 Å². The number of ether oxygens (including phenoxy) is 1. The van der Waals surface area contributed by atoms with Gasteiger partial charge in [0, 0.05) is 5.41 Å². The highest BCUT2D eigenvalue weighted by molar-refractivity contribution is 5.71. The van der Waals surface area contributed by atoms with E-state index in [1.807, 2.05) is 27.7 Å². The molecule has 0 saturated carbocycles. The van der Waals surface area contributed by atoms with Crippen molar-refractivity contribution in [3.05, 3.63) is 0 Å². The summed E-state index contributed by atoms with van der Waals surface area (Å²) in [7, 11) is 0. The molecule has 0 aromatic heterocycles. The highest BCUT2D eigenvalue weighted by Gasteiger charge is 2.32. The van der Waals surface area contributed by atoms with Crippen LogP contribution in [0.1, 0.15) is 48.0 Å². The summed E-state index contributed by atoms with van der Waals surface area (Å²) in [6.45, 7) is 11.8. The Morgan fingerprint density at radius 2 is 1.81 bits per heavy atom. The predicted molar refractivity (Wildman–Crippen MR) is 65.0 cm³/mol. The molecule has 0 heterocycles. The van der Waals surface area contributed by atoms with Gasteiger partial charge in [0.1, 0.15) is 0 Å². The number of esters is 1. The molecule has 3 nitrogen and oxygen atoms in total. The zero-order chi connectivity index (χ0) is 12.9. The van der Waals surface area contributed by atoms with E-state index in [0.717, 1.165) is 6.42 Å². The second kappa shape index (κ2) is 6.24. The van der Waals surface area contributed by atoms with Crippen LogP contribution in [0.15, 0.2) is 0 Å². The van der Waals surface area contributed by atoms with Gasteiger partial charge in [-0.2, -0.15) is 0 Å². The average molecular weight is 230 g/mol. The second-order valence-electron chi connectivity index (χ2n) is 5.58. The smallest absolute Gasteiger partial charge is 0.308 e. The first-order valence-electron chi connectivity index (χ1n) is 6.07. The van der Waals surface area contributed by atoms with Crippen LogP contribution in [0.2, 0.25) is 0 Å². The van der Waals surface area contributed by atoms with Gasteiger partial charge in [-0.25, -0.2) is 0 Å². The van der Waals surface area contributed by atoms with Crippen LogP contribution >= 0.6 is 0 Å². The van der Waals surface area contributed by atoms with Crippen LogP contribution in [0.25, 0.3) is 0 Å². The molecule has 16 heavy (non-hydrogen) atoms. The molecule has 2 unspecified atom stereocenters. The molecule has 0 bridgehead atoms. The monoisotopic (exact) mass is 230 g/mol. The van der Waals surface area contributed by atoms with E-state index >= 15 is 0 Å². The highest BCUT2D eigenvalue weighted by Crippen LogP contribution is 2.28. The van der Waals surface area contributed by atoms with Crippen LogP contribution in [0.3, 0.4) is 0 Å². The molecule has 1 N–H and O–H groups in total. The standard InChI is InChI=1S/C13H26O3/c1-7-10(4)11(14)13(5,6)8-16-12(15)9(2)3/h9-11,14H,7-8H2,1-6H3. The lowest BCUT2D eigenvalue weighted by Crippen LogP contribution is -2.39. The maximum absolute atomic E-state index is 11.3. The van der Waals surface area contributed by atoms with E-state index in [9.17, 15) is 9.90 Å². The first-order valence-corrected chi connectivity index (χ1v) is 6.07. The van der Waals surface area contributed by atoms with Gasteiger partial charge < -0.3 is 9.84 Å². The normalized spacial score (nSPS) is 16.0.